The normalized spacial score (nSPS) is 32.4. The van der Waals surface area contributed by atoms with Crippen LogP contribution in [0.4, 0.5) is 0 Å². The summed E-state index contributed by atoms with van der Waals surface area (Å²) in [4.78, 5) is 11.2. The number of likely N-dealkylation sites (tertiary alicyclic amines) is 3. The van der Waals surface area contributed by atoms with Crippen LogP contribution in [-0.4, -0.2) is 101 Å². The van der Waals surface area contributed by atoms with Crippen LogP contribution in [0.5, 0.6) is 0 Å². The predicted octanol–water partition coefficient (Wildman–Crippen LogP) is 2.68. The summed E-state index contributed by atoms with van der Waals surface area (Å²) < 4.78 is 0. The maximum Gasteiger partial charge on any atom is 0.0683 e. The molecule has 5 heteroatoms. The van der Waals surface area contributed by atoms with Gasteiger partial charge in [-0.1, -0.05) is 0 Å². The molecule has 0 aliphatic carbocycles. The fourth-order valence-electron chi connectivity index (χ4n) is 6.97. The minimum Gasteiger partial charge on any atom is -0.315 e. The molecule has 0 amide bonds. The lowest BCUT2D eigenvalue weighted by molar-refractivity contribution is -0.0806. The molecule has 4 heterocycles. The molecule has 0 saturated carbocycles. The summed E-state index contributed by atoms with van der Waals surface area (Å²) in [5, 5.41) is 3.58. The maximum atomic E-state index is 3.58. The van der Waals surface area contributed by atoms with Crippen LogP contribution >= 0.6 is 0 Å². The van der Waals surface area contributed by atoms with Gasteiger partial charge in [-0.15, -0.1) is 0 Å². The standard InChI is InChI=1S/C24H47N5/c1-19(2)26-13-8-20(9-14-26)23(3,4)28-17-22-16-21(28)18-29(22)24(5,6)27-12-7-10-25-11-15-27/h19-22,25H,7-18H2,1-6H3. The third-order valence-electron chi connectivity index (χ3n) is 9.06. The molecular weight excluding hydrogens is 358 g/mol. The van der Waals surface area contributed by atoms with Gasteiger partial charge in [0, 0.05) is 56.4 Å². The van der Waals surface area contributed by atoms with Crippen molar-refractivity contribution in [2.45, 2.75) is 96.6 Å². The number of rotatable bonds is 5. The molecule has 4 fully saturated rings. The Morgan fingerprint density at radius 2 is 1.48 bits per heavy atom. The second kappa shape index (κ2) is 8.38. The predicted molar refractivity (Wildman–Crippen MR) is 122 cm³/mol. The van der Waals surface area contributed by atoms with Gasteiger partial charge < -0.3 is 10.2 Å². The SMILES string of the molecule is CC(C)N1CCC(C(C)(C)N2CC3CC2CN3C(C)(C)N2CCCNCC2)CC1. The number of nitrogens with zero attached hydrogens (tertiary/aromatic N) is 4. The zero-order valence-corrected chi connectivity index (χ0v) is 20.1. The third-order valence-corrected chi connectivity index (χ3v) is 9.06. The monoisotopic (exact) mass is 405 g/mol. The van der Waals surface area contributed by atoms with E-state index in [4.69, 9.17) is 0 Å². The summed E-state index contributed by atoms with van der Waals surface area (Å²) >= 11 is 0. The largest absolute Gasteiger partial charge is 0.315 e. The summed E-state index contributed by atoms with van der Waals surface area (Å²) in [6, 6.07) is 2.19. The molecule has 168 valence electrons. The van der Waals surface area contributed by atoms with E-state index in [1.165, 1.54) is 71.5 Å². The number of fused-ring (bicyclic) bond motifs is 2. The van der Waals surface area contributed by atoms with Gasteiger partial charge in [-0.05, 0) is 92.8 Å². The first-order valence-corrected chi connectivity index (χ1v) is 12.4. The van der Waals surface area contributed by atoms with E-state index in [0.29, 0.717) is 11.6 Å². The lowest BCUT2D eigenvalue weighted by Crippen LogP contribution is -2.65. The molecule has 4 aliphatic heterocycles. The maximum absolute atomic E-state index is 3.58. The molecule has 0 aromatic rings. The van der Waals surface area contributed by atoms with Crippen LogP contribution in [0.1, 0.15) is 67.2 Å². The molecule has 4 aliphatic rings. The van der Waals surface area contributed by atoms with Gasteiger partial charge >= 0.3 is 0 Å². The summed E-state index contributed by atoms with van der Waals surface area (Å²) in [6.45, 7) is 24.6. The summed E-state index contributed by atoms with van der Waals surface area (Å²) in [7, 11) is 0. The highest BCUT2D eigenvalue weighted by Crippen LogP contribution is 2.44. The Balaban J connectivity index is 1.38. The first-order chi connectivity index (χ1) is 13.7. The van der Waals surface area contributed by atoms with E-state index in [-0.39, 0.29) is 5.66 Å². The zero-order chi connectivity index (χ0) is 20.8. The first-order valence-electron chi connectivity index (χ1n) is 12.4. The highest BCUT2D eigenvalue weighted by atomic mass is 15.5. The molecule has 1 N–H and O–H groups in total. The summed E-state index contributed by atoms with van der Waals surface area (Å²) in [5.74, 6) is 0.843. The molecule has 0 aromatic heterocycles. The van der Waals surface area contributed by atoms with Gasteiger partial charge in [-0.2, -0.15) is 0 Å². The topological polar surface area (TPSA) is 25.0 Å². The van der Waals surface area contributed by atoms with Crippen LogP contribution in [0.25, 0.3) is 0 Å². The van der Waals surface area contributed by atoms with E-state index >= 15 is 0 Å². The molecule has 0 radical (unpaired) electrons. The molecule has 2 unspecified atom stereocenters. The van der Waals surface area contributed by atoms with Crippen LogP contribution in [0.2, 0.25) is 0 Å². The number of hydrogen-bond donors (Lipinski definition) is 1. The molecule has 0 aromatic carbocycles. The van der Waals surface area contributed by atoms with E-state index < -0.39 is 0 Å². The highest BCUT2D eigenvalue weighted by Gasteiger charge is 2.54. The number of piperazine rings is 1. The number of hydrogen-bond acceptors (Lipinski definition) is 5. The molecule has 29 heavy (non-hydrogen) atoms. The minimum absolute atomic E-state index is 0.185. The second-order valence-electron chi connectivity index (χ2n) is 11.5. The smallest absolute Gasteiger partial charge is 0.0683 e. The van der Waals surface area contributed by atoms with Crippen molar-refractivity contribution in [1.82, 2.24) is 24.9 Å². The van der Waals surface area contributed by atoms with Gasteiger partial charge in [0.05, 0.1) is 5.66 Å². The fourth-order valence-corrected chi connectivity index (χ4v) is 6.97. The Morgan fingerprint density at radius 1 is 0.828 bits per heavy atom. The Hall–Kier alpha value is -0.200. The van der Waals surface area contributed by atoms with Gasteiger partial charge in [-0.25, -0.2) is 0 Å². The van der Waals surface area contributed by atoms with Gasteiger partial charge in [0.1, 0.15) is 0 Å². The van der Waals surface area contributed by atoms with Crippen molar-refractivity contribution in [1.29, 1.82) is 0 Å². The van der Waals surface area contributed by atoms with Gasteiger partial charge in [0.2, 0.25) is 0 Å². The number of nitrogens with one attached hydrogen (secondary N) is 1. The highest BCUT2D eigenvalue weighted by molar-refractivity contribution is 5.09. The van der Waals surface area contributed by atoms with E-state index in [1.807, 2.05) is 0 Å². The first kappa shape index (κ1) is 22.0. The van der Waals surface area contributed by atoms with E-state index in [0.717, 1.165) is 24.5 Å². The van der Waals surface area contributed by atoms with Crippen molar-refractivity contribution in [2.75, 3.05) is 52.4 Å². The average molecular weight is 406 g/mol. The zero-order valence-electron chi connectivity index (χ0n) is 20.1. The lowest BCUT2D eigenvalue weighted by Gasteiger charge is -2.54. The van der Waals surface area contributed by atoms with Crippen molar-refractivity contribution in [3.8, 4) is 0 Å². The Labute approximate surface area is 180 Å². The molecule has 4 saturated heterocycles. The van der Waals surface area contributed by atoms with Crippen molar-refractivity contribution in [3.05, 3.63) is 0 Å². The van der Waals surface area contributed by atoms with E-state index in [2.05, 4.69) is 66.5 Å². The Morgan fingerprint density at radius 3 is 2.10 bits per heavy atom. The molecule has 4 rings (SSSR count). The number of piperidine rings is 1. The van der Waals surface area contributed by atoms with Gasteiger partial charge in [0.15, 0.2) is 0 Å². The molecular formula is C24H47N5. The van der Waals surface area contributed by atoms with E-state index in [9.17, 15) is 0 Å². The van der Waals surface area contributed by atoms with Gasteiger partial charge in [-0.3, -0.25) is 14.7 Å². The van der Waals surface area contributed by atoms with Crippen LogP contribution in [0.15, 0.2) is 0 Å². The Bertz CT molecular complexity index is 543. The second-order valence-corrected chi connectivity index (χ2v) is 11.5. The molecule has 2 bridgehead atoms. The van der Waals surface area contributed by atoms with Crippen LogP contribution < -0.4 is 5.32 Å². The van der Waals surface area contributed by atoms with Crippen LogP contribution in [0.3, 0.4) is 0 Å². The molecule has 5 nitrogen and oxygen atoms in total. The van der Waals surface area contributed by atoms with Gasteiger partial charge in [0.25, 0.3) is 0 Å². The lowest BCUT2D eigenvalue weighted by atomic mass is 9.78. The van der Waals surface area contributed by atoms with Crippen LogP contribution in [0, 0.1) is 5.92 Å². The van der Waals surface area contributed by atoms with Crippen molar-refractivity contribution in [2.24, 2.45) is 5.92 Å². The van der Waals surface area contributed by atoms with Crippen molar-refractivity contribution >= 4 is 0 Å². The Kier molecular flexibility index (Phi) is 6.36. The minimum atomic E-state index is 0.185. The summed E-state index contributed by atoms with van der Waals surface area (Å²) in [5.41, 5.74) is 0.523. The molecule has 2 atom stereocenters. The third kappa shape index (κ3) is 4.15. The van der Waals surface area contributed by atoms with Crippen molar-refractivity contribution < 1.29 is 0 Å². The average Bonchev–Trinajstić information content (AvgIpc) is 3.19. The van der Waals surface area contributed by atoms with Crippen LogP contribution in [-0.2, 0) is 0 Å². The summed E-state index contributed by atoms with van der Waals surface area (Å²) in [6.07, 6.45) is 5.40. The van der Waals surface area contributed by atoms with Crippen molar-refractivity contribution in [3.63, 3.8) is 0 Å². The quantitative estimate of drug-likeness (QED) is 0.758. The fraction of sp³-hybridized carbons (Fsp3) is 1.00. The van der Waals surface area contributed by atoms with E-state index in [1.54, 1.807) is 0 Å². The molecule has 0 spiro atoms.